The van der Waals surface area contributed by atoms with E-state index in [2.05, 4.69) is 47.2 Å². The van der Waals surface area contributed by atoms with Crippen molar-refractivity contribution in [1.82, 2.24) is 35.0 Å². The summed E-state index contributed by atoms with van der Waals surface area (Å²) in [6.07, 6.45) is 13.2. The first-order valence-electron chi connectivity index (χ1n) is 11.3. The Morgan fingerprint density at radius 3 is 2.78 bits per heavy atom. The first-order valence-corrected chi connectivity index (χ1v) is 11.3. The van der Waals surface area contributed by atoms with Crippen molar-refractivity contribution in [2.24, 2.45) is 0 Å². The third-order valence-corrected chi connectivity index (χ3v) is 6.41. The zero-order valence-electron chi connectivity index (χ0n) is 18.8. The highest BCUT2D eigenvalue weighted by Crippen LogP contribution is 2.43. The highest BCUT2D eigenvalue weighted by atomic mass is 15.4. The molecule has 0 aromatic carbocycles. The molecule has 2 N–H and O–H groups in total. The van der Waals surface area contributed by atoms with Crippen LogP contribution in [0.3, 0.4) is 0 Å². The molecule has 9 nitrogen and oxygen atoms in total. The minimum Gasteiger partial charge on any atom is -0.386 e. The van der Waals surface area contributed by atoms with Crippen molar-refractivity contribution >= 4 is 17.5 Å². The summed E-state index contributed by atoms with van der Waals surface area (Å²) >= 11 is 0. The van der Waals surface area contributed by atoms with Gasteiger partial charge in [-0.2, -0.15) is 4.98 Å². The normalized spacial score (nSPS) is 18.4. The Labute approximate surface area is 188 Å². The molecule has 0 amide bonds. The molecule has 0 radical (unpaired) electrons. The zero-order chi connectivity index (χ0) is 22.1. The molecule has 5 rings (SSSR count). The van der Waals surface area contributed by atoms with Gasteiger partial charge in [0.2, 0.25) is 5.95 Å². The van der Waals surface area contributed by atoms with E-state index in [1.807, 2.05) is 44.7 Å². The maximum absolute atomic E-state index is 5.00. The van der Waals surface area contributed by atoms with E-state index >= 15 is 0 Å². The molecule has 32 heavy (non-hydrogen) atoms. The van der Waals surface area contributed by atoms with Crippen molar-refractivity contribution < 1.29 is 0 Å². The second-order valence-electron chi connectivity index (χ2n) is 8.31. The molecule has 0 unspecified atom stereocenters. The molecule has 9 heteroatoms. The van der Waals surface area contributed by atoms with E-state index in [1.54, 1.807) is 6.20 Å². The second kappa shape index (κ2) is 8.57. The van der Waals surface area contributed by atoms with Gasteiger partial charge in [0.1, 0.15) is 11.5 Å². The van der Waals surface area contributed by atoms with Gasteiger partial charge >= 0.3 is 0 Å². The quantitative estimate of drug-likeness (QED) is 0.611. The molecule has 1 aliphatic carbocycles. The summed E-state index contributed by atoms with van der Waals surface area (Å²) in [5, 5.41) is 15.4. The lowest BCUT2D eigenvalue weighted by Gasteiger charge is -2.41. The zero-order valence-corrected chi connectivity index (χ0v) is 18.8. The van der Waals surface area contributed by atoms with E-state index in [9.17, 15) is 0 Å². The molecule has 1 fully saturated rings. The van der Waals surface area contributed by atoms with Gasteiger partial charge in [0.05, 0.1) is 17.9 Å². The maximum Gasteiger partial charge on any atom is 0.228 e. The van der Waals surface area contributed by atoms with E-state index in [0.29, 0.717) is 12.0 Å². The molecule has 0 spiro atoms. The van der Waals surface area contributed by atoms with Crippen LogP contribution in [0.4, 0.5) is 11.8 Å². The first kappa shape index (κ1) is 20.4. The van der Waals surface area contributed by atoms with Gasteiger partial charge in [0, 0.05) is 37.2 Å². The van der Waals surface area contributed by atoms with Crippen LogP contribution in [0.25, 0.3) is 11.4 Å². The SMILES string of the molecule is CC[C@@H]1c2nnc(C)n2-c2cnc(N/C=C(\NC)c3cccnc3)nc2N1C1CCCC1. The van der Waals surface area contributed by atoms with Crippen molar-refractivity contribution in [3.05, 3.63) is 54.1 Å². The average Bonchev–Trinajstić information content (AvgIpc) is 3.49. The molecule has 4 heterocycles. The van der Waals surface area contributed by atoms with Gasteiger partial charge in [0.15, 0.2) is 11.6 Å². The van der Waals surface area contributed by atoms with Gasteiger partial charge in [-0.05, 0) is 38.3 Å². The fourth-order valence-corrected chi connectivity index (χ4v) is 4.90. The van der Waals surface area contributed by atoms with Gasteiger partial charge in [-0.15, -0.1) is 10.2 Å². The summed E-state index contributed by atoms with van der Waals surface area (Å²) in [4.78, 5) is 16.3. The summed E-state index contributed by atoms with van der Waals surface area (Å²) < 4.78 is 2.11. The standard InChI is InChI=1S/C23H29N9/c1-4-19-22-30-29-15(2)31(22)20-14-27-23(28-21(20)32(19)17-9-5-6-10-17)26-13-18(24-3)16-8-7-11-25-12-16/h7-8,11-14,17,19,24H,4-6,9-10H2,1-3H3,(H,26,27,28)/b18-13-/t19-/m1/s1. The topological polar surface area (TPSA) is 96.7 Å². The van der Waals surface area contributed by atoms with E-state index in [0.717, 1.165) is 40.8 Å². The number of aromatic nitrogens is 6. The van der Waals surface area contributed by atoms with Crippen LogP contribution in [-0.2, 0) is 0 Å². The summed E-state index contributed by atoms with van der Waals surface area (Å²) in [7, 11) is 1.89. The van der Waals surface area contributed by atoms with Crippen LogP contribution in [-0.4, -0.2) is 42.8 Å². The molecular formula is C23H29N9. The Kier molecular flexibility index (Phi) is 5.46. The predicted molar refractivity (Wildman–Crippen MR) is 124 cm³/mol. The summed E-state index contributed by atoms with van der Waals surface area (Å²) in [5.41, 5.74) is 2.86. The van der Waals surface area contributed by atoms with Crippen molar-refractivity contribution in [3.63, 3.8) is 0 Å². The van der Waals surface area contributed by atoms with Gasteiger partial charge in [-0.3, -0.25) is 9.55 Å². The Hall–Kier alpha value is -3.49. The number of anilines is 2. The molecular weight excluding hydrogens is 402 g/mol. The monoisotopic (exact) mass is 431 g/mol. The van der Waals surface area contributed by atoms with Crippen LogP contribution in [0.1, 0.15) is 62.3 Å². The number of hydrogen-bond acceptors (Lipinski definition) is 8. The number of aryl methyl sites for hydroxylation is 1. The average molecular weight is 432 g/mol. The van der Waals surface area contributed by atoms with Crippen LogP contribution >= 0.6 is 0 Å². The lowest BCUT2D eigenvalue weighted by atomic mass is 10.0. The van der Waals surface area contributed by atoms with Crippen LogP contribution in [0, 0.1) is 6.92 Å². The van der Waals surface area contributed by atoms with Crippen molar-refractivity contribution in [1.29, 1.82) is 0 Å². The minimum atomic E-state index is 0.161. The number of rotatable bonds is 6. The van der Waals surface area contributed by atoms with Crippen molar-refractivity contribution in [2.75, 3.05) is 17.3 Å². The third-order valence-electron chi connectivity index (χ3n) is 6.41. The van der Waals surface area contributed by atoms with Crippen LogP contribution < -0.4 is 15.5 Å². The lowest BCUT2D eigenvalue weighted by Crippen LogP contribution is -2.42. The molecule has 2 aliphatic rings. The van der Waals surface area contributed by atoms with E-state index in [4.69, 9.17) is 4.98 Å². The van der Waals surface area contributed by atoms with Crippen LogP contribution in [0.15, 0.2) is 36.9 Å². The number of nitrogens with zero attached hydrogens (tertiary/aromatic N) is 7. The van der Waals surface area contributed by atoms with E-state index in [-0.39, 0.29) is 6.04 Å². The van der Waals surface area contributed by atoms with E-state index in [1.165, 1.54) is 25.7 Å². The molecule has 3 aromatic heterocycles. The fraction of sp³-hybridized carbons (Fsp3) is 0.435. The maximum atomic E-state index is 5.00. The number of nitrogens with one attached hydrogen (secondary N) is 2. The van der Waals surface area contributed by atoms with Gasteiger partial charge in [0.25, 0.3) is 0 Å². The predicted octanol–water partition coefficient (Wildman–Crippen LogP) is 3.60. The number of pyridine rings is 1. The Morgan fingerprint density at radius 1 is 1.22 bits per heavy atom. The van der Waals surface area contributed by atoms with Gasteiger partial charge < -0.3 is 15.5 Å². The molecule has 166 valence electrons. The van der Waals surface area contributed by atoms with Gasteiger partial charge in [-0.25, -0.2) is 4.98 Å². The molecule has 1 saturated carbocycles. The Bertz CT molecular complexity index is 1120. The lowest BCUT2D eigenvalue weighted by molar-refractivity contribution is 0.468. The number of hydrogen-bond donors (Lipinski definition) is 2. The molecule has 1 aliphatic heterocycles. The summed E-state index contributed by atoms with van der Waals surface area (Å²) in [6.45, 7) is 4.20. The fourth-order valence-electron chi connectivity index (χ4n) is 4.90. The molecule has 3 aromatic rings. The van der Waals surface area contributed by atoms with Crippen LogP contribution in [0.2, 0.25) is 0 Å². The van der Waals surface area contributed by atoms with Gasteiger partial charge in [-0.1, -0.05) is 19.8 Å². The molecule has 1 atom stereocenters. The molecule has 0 bridgehead atoms. The summed E-state index contributed by atoms with van der Waals surface area (Å²) in [5.74, 6) is 3.37. The molecule has 0 saturated heterocycles. The van der Waals surface area contributed by atoms with Crippen molar-refractivity contribution in [2.45, 2.75) is 58.0 Å². The highest BCUT2D eigenvalue weighted by molar-refractivity contribution is 5.67. The minimum absolute atomic E-state index is 0.161. The van der Waals surface area contributed by atoms with Crippen molar-refractivity contribution in [3.8, 4) is 5.69 Å². The van der Waals surface area contributed by atoms with E-state index < -0.39 is 0 Å². The first-order chi connectivity index (χ1) is 15.7. The Morgan fingerprint density at radius 2 is 2.06 bits per heavy atom. The summed E-state index contributed by atoms with van der Waals surface area (Å²) in [6, 6.07) is 4.55. The smallest absolute Gasteiger partial charge is 0.228 e. The highest BCUT2D eigenvalue weighted by Gasteiger charge is 2.39. The second-order valence-corrected chi connectivity index (χ2v) is 8.31. The number of fused-ring (bicyclic) bond motifs is 3. The largest absolute Gasteiger partial charge is 0.386 e. The Balaban J connectivity index is 1.55. The third kappa shape index (κ3) is 3.47. The van der Waals surface area contributed by atoms with Crippen LogP contribution in [0.5, 0.6) is 0 Å².